The maximum atomic E-state index is 12.7. The average molecular weight is 525 g/mol. The van der Waals surface area contributed by atoms with Crippen LogP contribution in [0, 0.1) is 0 Å². The molecular formula is C20H17ClN4O5S3. The largest absolute Gasteiger partial charge is 0.351 e. The van der Waals surface area contributed by atoms with E-state index in [2.05, 4.69) is 5.32 Å². The van der Waals surface area contributed by atoms with Gasteiger partial charge in [-0.3, -0.25) is 14.5 Å². The Bertz CT molecular complexity index is 1250. The Labute approximate surface area is 204 Å². The van der Waals surface area contributed by atoms with E-state index in [0.717, 1.165) is 17.3 Å². The fraction of sp³-hybridized carbons (Fsp3) is 0.100. The molecule has 0 unspecified atom stereocenters. The third kappa shape index (κ3) is 6.54. The van der Waals surface area contributed by atoms with Crippen molar-refractivity contribution in [2.45, 2.75) is 11.3 Å². The lowest BCUT2D eigenvalue weighted by Crippen LogP contribution is -2.34. The van der Waals surface area contributed by atoms with Crippen LogP contribution in [0.1, 0.15) is 12.0 Å². The van der Waals surface area contributed by atoms with Crippen molar-refractivity contribution in [2.75, 3.05) is 11.9 Å². The summed E-state index contributed by atoms with van der Waals surface area (Å²) in [5.74, 6) is -0.680. The predicted octanol–water partition coefficient (Wildman–Crippen LogP) is 2.93. The summed E-state index contributed by atoms with van der Waals surface area (Å²) < 4.78 is 25.8. The van der Waals surface area contributed by atoms with E-state index in [1.165, 1.54) is 29.2 Å². The molecule has 33 heavy (non-hydrogen) atoms. The molecule has 0 atom stereocenters. The molecule has 13 heteroatoms. The number of thioether (sulfide) groups is 1. The lowest BCUT2D eigenvalue weighted by molar-refractivity contribution is -0.122. The average Bonchev–Trinajstić information content (AvgIpc) is 3.00. The second kappa shape index (κ2) is 10.3. The number of carbonyl (C=O) groups is 3. The summed E-state index contributed by atoms with van der Waals surface area (Å²) in [6.07, 6.45) is 1.68. The Morgan fingerprint density at radius 1 is 1.12 bits per heavy atom. The number of amides is 4. The minimum atomic E-state index is -4.08. The van der Waals surface area contributed by atoms with Gasteiger partial charge < -0.3 is 11.1 Å². The molecule has 9 nitrogen and oxygen atoms in total. The zero-order valence-corrected chi connectivity index (χ0v) is 20.0. The molecule has 0 aromatic heterocycles. The van der Waals surface area contributed by atoms with Gasteiger partial charge in [0.25, 0.3) is 15.9 Å². The van der Waals surface area contributed by atoms with E-state index in [9.17, 15) is 22.8 Å². The van der Waals surface area contributed by atoms with Gasteiger partial charge >= 0.3 is 6.03 Å². The van der Waals surface area contributed by atoms with Gasteiger partial charge in [-0.2, -0.15) is 0 Å². The van der Waals surface area contributed by atoms with E-state index >= 15 is 0 Å². The molecule has 0 radical (unpaired) electrons. The molecule has 0 saturated carbocycles. The van der Waals surface area contributed by atoms with Gasteiger partial charge in [-0.15, -0.1) is 0 Å². The Kier molecular flexibility index (Phi) is 7.74. The minimum Gasteiger partial charge on any atom is -0.351 e. The molecule has 0 bridgehead atoms. The number of nitrogens with one attached hydrogen (secondary N) is 2. The second-order valence-corrected chi connectivity index (χ2v) is 10.5. The smallest absolute Gasteiger partial charge is 0.326 e. The monoisotopic (exact) mass is 524 g/mol. The summed E-state index contributed by atoms with van der Waals surface area (Å²) in [6, 6.07) is 10.9. The summed E-state index contributed by atoms with van der Waals surface area (Å²) >= 11 is 12.3. The molecule has 0 spiro atoms. The molecule has 0 aliphatic carbocycles. The highest BCUT2D eigenvalue weighted by atomic mass is 35.5. The molecule has 3 rings (SSSR count). The molecule has 4 N–H and O–H groups in total. The first kappa shape index (κ1) is 24.7. The van der Waals surface area contributed by atoms with Crippen LogP contribution in [0.5, 0.6) is 0 Å². The van der Waals surface area contributed by atoms with Crippen molar-refractivity contribution in [3.63, 3.8) is 0 Å². The van der Waals surface area contributed by atoms with Crippen LogP contribution in [0.4, 0.5) is 10.5 Å². The molecule has 1 aliphatic heterocycles. The third-order valence-electron chi connectivity index (χ3n) is 4.29. The van der Waals surface area contributed by atoms with E-state index in [-0.39, 0.29) is 23.8 Å². The van der Waals surface area contributed by atoms with Crippen molar-refractivity contribution >= 4 is 79.5 Å². The first-order valence-electron chi connectivity index (χ1n) is 9.28. The summed E-state index contributed by atoms with van der Waals surface area (Å²) in [7, 11) is -4.08. The van der Waals surface area contributed by atoms with Crippen LogP contribution in [0.25, 0.3) is 6.08 Å². The quantitative estimate of drug-likeness (QED) is 0.374. The van der Waals surface area contributed by atoms with Gasteiger partial charge in [-0.05, 0) is 48.0 Å². The van der Waals surface area contributed by atoms with Crippen molar-refractivity contribution in [3.8, 4) is 0 Å². The number of carbonyl (C=O) groups excluding carboxylic acids is 3. The number of thiocarbonyl (C=S) groups is 1. The Morgan fingerprint density at radius 3 is 2.36 bits per heavy atom. The lowest BCUT2D eigenvalue weighted by atomic mass is 10.2. The Morgan fingerprint density at radius 2 is 1.76 bits per heavy atom. The van der Waals surface area contributed by atoms with E-state index in [4.69, 9.17) is 29.6 Å². The predicted molar refractivity (Wildman–Crippen MR) is 131 cm³/mol. The number of rotatable bonds is 7. The maximum Gasteiger partial charge on any atom is 0.326 e. The SMILES string of the molecule is NC(=O)NS(=O)(=O)c1ccc(NC(=O)CCN2C(=O)/C(=C/c3ccc(Cl)cc3)SC2=S)cc1. The number of nitrogens with two attached hydrogens (primary N) is 1. The van der Waals surface area contributed by atoms with Gasteiger partial charge in [-0.25, -0.2) is 17.9 Å². The van der Waals surface area contributed by atoms with Crippen molar-refractivity contribution in [2.24, 2.45) is 5.73 Å². The molecule has 1 heterocycles. The first-order chi connectivity index (χ1) is 15.5. The van der Waals surface area contributed by atoms with Crippen LogP contribution in [-0.4, -0.2) is 42.0 Å². The number of benzene rings is 2. The van der Waals surface area contributed by atoms with Gasteiger partial charge in [0.15, 0.2) is 0 Å². The number of halogens is 1. The number of urea groups is 1. The second-order valence-electron chi connectivity index (χ2n) is 6.68. The Hall–Kier alpha value is -2.93. The lowest BCUT2D eigenvalue weighted by Gasteiger charge is -2.14. The van der Waals surface area contributed by atoms with E-state index in [0.29, 0.717) is 19.9 Å². The summed E-state index contributed by atoms with van der Waals surface area (Å²) in [5, 5.41) is 3.20. The standard InChI is InChI=1S/C20H17ClN4O5S3/c21-13-3-1-12(2-4-13)11-16-18(27)25(20(31)32-16)10-9-17(26)23-14-5-7-15(8-6-14)33(29,30)24-19(22)28/h1-8,11H,9-10H2,(H,23,26)(H3,22,24,28)/b16-11-. The summed E-state index contributed by atoms with van der Waals surface area (Å²) in [6.45, 7) is 0.0868. The molecule has 1 saturated heterocycles. The van der Waals surface area contributed by atoms with Gasteiger partial charge in [0.1, 0.15) is 4.32 Å². The molecule has 2 aromatic rings. The van der Waals surface area contributed by atoms with Crippen LogP contribution in [0.3, 0.4) is 0 Å². The number of nitrogens with zero attached hydrogens (tertiary/aromatic N) is 1. The van der Waals surface area contributed by atoms with Gasteiger partial charge in [-0.1, -0.05) is 47.7 Å². The molecule has 172 valence electrons. The zero-order chi connectivity index (χ0) is 24.2. The summed E-state index contributed by atoms with van der Waals surface area (Å²) in [5.41, 5.74) is 5.97. The minimum absolute atomic E-state index is 0.0239. The number of primary amides is 1. The van der Waals surface area contributed by atoms with Crippen LogP contribution in [-0.2, 0) is 19.6 Å². The first-order valence-corrected chi connectivity index (χ1v) is 12.4. The molecular weight excluding hydrogens is 508 g/mol. The van der Waals surface area contributed by atoms with Crippen molar-refractivity contribution in [1.29, 1.82) is 0 Å². The topological polar surface area (TPSA) is 139 Å². The normalized spacial score (nSPS) is 15.1. The number of sulfonamides is 1. The van der Waals surface area contributed by atoms with Gasteiger partial charge in [0.2, 0.25) is 5.91 Å². The maximum absolute atomic E-state index is 12.7. The van der Waals surface area contributed by atoms with Crippen LogP contribution < -0.4 is 15.8 Å². The van der Waals surface area contributed by atoms with Crippen LogP contribution >= 0.6 is 35.6 Å². The fourth-order valence-corrected chi connectivity index (χ4v) is 5.06. The highest BCUT2D eigenvalue weighted by Gasteiger charge is 2.32. The molecule has 4 amide bonds. The molecule has 1 aliphatic rings. The van der Waals surface area contributed by atoms with E-state index in [1.807, 2.05) is 0 Å². The number of anilines is 1. The van der Waals surface area contributed by atoms with Crippen molar-refractivity contribution in [3.05, 3.63) is 64.0 Å². The summed E-state index contributed by atoms with van der Waals surface area (Å²) in [4.78, 5) is 37.3. The Balaban J connectivity index is 1.57. The molecule has 1 fully saturated rings. The molecule has 2 aromatic carbocycles. The van der Waals surface area contributed by atoms with Crippen molar-refractivity contribution < 1.29 is 22.8 Å². The number of hydrogen-bond acceptors (Lipinski definition) is 7. The van der Waals surface area contributed by atoms with Crippen LogP contribution in [0.15, 0.2) is 58.3 Å². The van der Waals surface area contributed by atoms with Gasteiger partial charge in [0.05, 0.1) is 9.80 Å². The highest BCUT2D eigenvalue weighted by Crippen LogP contribution is 2.32. The zero-order valence-electron chi connectivity index (χ0n) is 16.8. The third-order valence-corrected chi connectivity index (χ3v) is 7.28. The van der Waals surface area contributed by atoms with E-state index in [1.54, 1.807) is 35.1 Å². The van der Waals surface area contributed by atoms with Gasteiger partial charge in [0, 0.05) is 23.7 Å². The number of hydrogen-bond donors (Lipinski definition) is 3. The van der Waals surface area contributed by atoms with E-state index < -0.39 is 22.0 Å². The fourth-order valence-electron chi connectivity index (χ4n) is 2.75. The van der Waals surface area contributed by atoms with Crippen molar-refractivity contribution in [1.82, 2.24) is 9.62 Å². The van der Waals surface area contributed by atoms with Crippen LogP contribution in [0.2, 0.25) is 5.02 Å². The highest BCUT2D eigenvalue weighted by molar-refractivity contribution is 8.26.